The number of phenols is 2. The summed E-state index contributed by atoms with van der Waals surface area (Å²) in [5.74, 6) is 0.513. The highest BCUT2D eigenvalue weighted by atomic mass is 16.3. The highest BCUT2D eigenvalue weighted by Crippen LogP contribution is 2.40. The van der Waals surface area contributed by atoms with Gasteiger partial charge in [-0.3, -0.25) is 4.79 Å². The van der Waals surface area contributed by atoms with Crippen molar-refractivity contribution >= 4 is 11.6 Å². The molecule has 1 amide bonds. The number of anilines is 1. The van der Waals surface area contributed by atoms with Crippen LogP contribution in [0.15, 0.2) is 30.3 Å². The topological polar surface area (TPSA) is 69.6 Å². The third-order valence-corrected chi connectivity index (χ3v) is 5.51. The summed E-state index contributed by atoms with van der Waals surface area (Å²) in [6.45, 7) is 18.6. The zero-order chi connectivity index (χ0) is 23.8. The van der Waals surface area contributed by atoms with Gasteiger partial charge in [0.1, 0.15) is 11.5 Å². The molecule has 0 aliphatic rings. The Bertz CT molecular complexity index is 919. The summed E-state index contributed by atoms with van der Waals surface area (Å²) in [4.78, 5) is 12.6. The first kappa shape index (κ1) is 24.8. The Morgan fingerprint density at radius 3 is 1.71 bits per heavy atom. The molecule has 2 rings (SSSR count). The van der Waals surface area contributed by atoms with E-state index in [4.69, 9.17) is 0 Å². The fourth-order valence-electron chi connectivity index (χ4n) is 3.68. The van der Waals surface area contributed by atoms with Crippen molar-refractivity contribution in [2.75, 3.05) is 5.32 Å². The summed E-state index contributed by atoms with van der Waals surface area (Å²) in [7, 11) is 0. The molecule has 0 bridgehead atoms. The second-order valence-electron chi connectivity index (χ2n) is 11.6. The van der Waals surface area contributed by atoms with Crippen molar-refractivity contribution in [3.8, 4) is 11.5 Å². The molecular formula is C27H39NO3. The van der Waals surface area contributed by atoms with Gasteiger partial charge in [0.05, 0.1) is 0 Å². The van der Waals surface area contributed by atoms with Gasteiger partial charge in [0.15, 0.2) is 0 Å². The van der Waals surface area contributed by atoms with Gasteiger partial charge >= 0.3 is 0 Å². The molecule has 0 heterocycles. The van der Waals surface area contributed by atoms with Crippen LogP contribution in [0.2, 0.25) is 0 Å². The van der Waals surface area contributed by atoms with Crippen LogP contribution in [-0.4, -0.2) is 16.1 Å². The average molecular weight is 426 g/mol. The molecule has 0 atom stereocenters. The number of aryl methyl sites for hydroxylation is 1. The smallest absolute Gasteiger partial charge is 0.224 e. The number of aromatic hydroxyl groups is 2. The van der Waals surface area contributed by atoms with Gasteiger partial charge in [0, 0.05) is 17.7 Å². The van der Waals surface area contributed by atoms with Crippen LogP contribution >= 0.6 is 0 Å². The maximum Gasteiger partial charge on any atom is 0.224 e. The molecule has 0 aliphatic carbocycles. The van der Waals surface area contributed by atoms with Gasteiger partial charge in [-0.15, -0.1) is 0 Å². The Morgan fingerprint density at radius 1 is 0.774 bits per heavy atom. The van der Waals surface area contributed by atoms with E-state index >= 15 is 0 Å². The Kier molecular flexibility index (Phi) is 6.85. The van der Waals surface area contributed by atoms with E-state index in [2.05, 4.69) is 46.9 Å². The van der Waals surface area contributed by atoms with Crippen molar-refractivity contribution in [3.63, 3.8) is 0 Å². The molecule has 0 aromatic heterocycles. The molecule has 0 saturated carbocycles. The van der Waals surface area contributed by atoms with Crippen LogP contribution in [0.4, 0.5) is 5.69 Å². The molecule has 0 saturated heterocycles. The van der Waals surface area contributed by atoms with E-state index in [1.54, 1.807) is 12.1 Å². The predicted octanol–water partition coefficient (Wildman–Crippen LogP) is 6.56. The Labute approximate surface area is 187 Å². The van der Waals surface area contributed by atoms with Crippen molar-refractivity contribution in [1.29, 1.82) is 0 Å². The fraction of sp³-hybridized carbons (Fsp3) is 0.519. The number of hydrogen-bond acceptors (Lipinski definition) is 3. The molecule has 31 heavy (non-hydrogen) atoms. The summed E-state index contributed by atoms with van der Waals surface area (Å²) >= 11 is 0. The third kappa shape index (κ3) is 6.25. The standard InChI is InChI=1S/C27H39NO3/c1-25(2,3)19-16-18(11-12-22(19)29)28-23(30)13-10-17-14-20(26(4,5)6)24(31)21(15-17)27(7,8)9/h11-12,14-16,29,31H,10,13H2,1-9H3,(H,28,30). The summed E-state index contributed by atoms with van der Waals surface area (Å²) in [6, 6.07) is 9.23. The first-order chi connectivity index (χ1) is 14.0. The molecule has 3 N–H and O–H groups in total. The quantitative estimate of drug-likeness (QED) is 0.486. The number of phenolic OH excluding ortho intramolecular Hbond substituents is 2. The van der Waals surface area contributed by atoms with E-state index in [-0.39, 0.29) is 27.9 Å². The molecular weight excluding hydrogens is 386 g/mol. The zero-order valence-electron chi connectivity index (χ0n) is 20.6. The van der Waals surface area contributed by atoms with E-state index < -0.39 is 0 Å². The second kappa shape index (κ2) is 8.57. The van der Waals surface area contributed by atoms with Crippen LogP contribution in [0, 0.1) is 0 Å². The molecule has 2 aromatic carbocycles. The van der Waals surface area contributed by atoms with Gasteiger partial charge in [-0.1, -0.05) is 74.4 Å². The minimum Gasteiger partial charge on any atom is -0.508 e. The molecule has 2 aromatic rings. The third-order valence-electron chi connectivity index (χ3n) is 5.51. The summed E-state index contributed by atoms with van der Waals surface area (Å²) in [6.07, 6.45) is 0.923. The van der Waals surface area contributed by atoms with Crippen molar-refractivity contribution < 1.29 is 15.0 Å². The van der Waals surface area contributed by atoms with Gasteiger partial charge in [-0.2, -0.15) is 0 Å². The first-order valence-electron chi connectivity index (χ1n) is 11.0. The van der Waals surface area contributed by atoms with E-state index in [1.807, 2.05) is 39.0 Å². The van der Waals surface area contributed by atoms with Gasteiger partial charge in [-0.25, -0.2) is 0 Å². The number of rotatable bonds is 4. The Hall–Kier alpha value is -2.49. The maximum atomic E-state index is 12.6. The van der Waals surface area contributed by atoms with E-state index in [0.29, 0.717) is 24.3 Å². The highest BCUT2D eigenvalue weighted by molar-refractivity contribution is 5.91. The predicted molar refractivity (Wildman–Crippen MR) is 129 cm³/mol. The maximum absolute atomic E-state index is 12.6. The van der Waals surface area contributed by atoms with Crippen LogP contribution in [-0.2, 0) is 27.5 Å². The van der Waals surface area contributed by atoms with Gasteiger partial charge in [-0.05, 0) is 57.6 Å². The molecule has 170 valence electrons. The number of carbonyl (C=O) groups excluding carboxylic acids is 1. The lowest BCUT2D eigenvalue weighted by Crippen LogP contribution is -2.18. The van der Waals surface area contributed by atoms with Crippen LogP contribution in [0.1, 0.15) is 91.0 Å². The van der Waals surface area contributed by atoms with Crippen molar-refractivity contribution in [2.24, 2.45) is 0 Å². The van der Waals surface area contributed by atoms with Crippen LogP contribution < -0.4 is 5.32 Å². The van der Waals surface area contributed by atoms with Crippen LogP contribution in [0.5, 0.6) is 11.5 Å². The van der Waals surface area contributed by atoms with Gasteiger partial charge in [0.25, 0.3) is 0 Å². The zero-order valence-corrected chi connectivity index (χ0v) is 20.6. The number of hydrogen-bond donors (Lipinski definition) is 3. The fourth-order valence-corrected chi connectivity index (χ4v) is 3.68. The van der Waals surface area contributed by atoms with Crippen molar-refractivity contribution in [3.05, 3.63) is 52.6 Å². The lowest BCUT2D eigenvalue weighted by Gasteiger charge is -2.28. The second-order valence-corrected chi connectivity index (χ2v) is 11.6. The first-order valence-corrected chi connectivity index (χ1v) is 11.0. The average Bonchev–Trinajstić information content (AvgIpc) is 2.59. The number of amides is 1. The van der Waals surface area contributed by atoms with Crippen LogP contribution in [0.3, 0.4) is 0 Å². The highest BCUT2D eigenvalue weighted by Gasteiger charge is 2.26. The monoisotopic (exact) mass is 425 g/mol. The molecule has 4 heteroatoms. The lowest BCUT2D eigenvalue weighted by molar-refractivity contribution is -0.116. The molecule has 0 fully saturated rings. The van der Waals surface area contributed by atoms with E-state index in [1.165, 1.54) is 0 Å². The minimum absolute atomic E-state index is 0.0757. The lowest BCUT2D eigenvalue weighted by atomic mass is 9.78. The number of nitrogens with one attached hydrogen (secondary N) is 1. The summed E-state index contributed by atoms with van der Waals surface area (Å²) < 4.78 is 0. The van der Waals surface area contributed by atoms with Crippen molar-refractivity contribution in [2.45, 2.75) is 91.4 Å². The molecule has 0 aliphatic heterocycles. The minimum atomic E-state index is -0.219. The SMILES string of the molecule is CC(C)(C)c1cc(NC(=O)CCc2cc(C(C)(C)C)c(O)c(C(C)(C)C)c2)ccc1O. The molecule has 0 unspecified atom stereocenters. The Balaban J connectivity index is 2.22. The van der Waals surface area contributed by atoms with Gasteiger partial charge in [0.2, 0.25) is 5.91 Å². The van der Waals surface area contributed by atoms with Crippen LogP contribution in [0.25, 0.3) is 0 Å². The molecule has 4 nitrogen and oxygen atoms in total. The largest absolute Gasteiger partial charge is 0.508 e. The van der Waals surface area contributed by atoms with Gasteiger partial charge < -0.3 is 15.5 Å². The Morgan fingerprint density at radius 2 is 1.26 bits per heavy atom. The van der Waals surface area contributed by atoms with E-state index in [9.17, 15) is 15.0 Å². The summed E-state index contributed by atoms with van der Waals surface area (Å²) in [5, 5.41) is 24.0. The summed E-state index contributed by atoms with van der Waals surface area (Å²) in [5.41, 5.74) is 3.73. The normalized spacial score (nSPS) is 12.7. The van der Waals surface area contributed by atoms with Crippen molar-refractivity contribution in [1.82, 2.24) is 0 Å². The number of carbonyl (C=O) groups is 1. The molecule has 0 spiro atoms. The number of benzene rings is 2. The molecule has 0 radical (unpaired) electrons. The van der Waals surface area contributed by atoms with E-state index in [0.717, 1.165) is 22.3 Å².